The number of hydrogen-bond donors (Lipinski definition) is 1. The first kappa shape index (κ1) is 17.0. The smallest absolute Gasteiger partial charge is 0.207 e. The maximum Gasteiger partial charge on any atom is 0.240 e. The van der Waals surface area contributed by atoms with Crippen molar-refractivity contribution in [2.75, 3.05) is 0 Å². The summed E-state index contributed by atoms with van der Waals surface area (Å²) in [5, 5.41) is 0.517. The van der Waals surface area contributed by atoms with Gasteiger partial charge in [0.25, 0.3) is 0 Å². The van der Waals surface area contributed by atoms with Crippen molar-refractivity contribution in [3.63, 3.8) is 0 Å². The van der Waals surface area contributed by atoms with Gasteiger partial charge in [-0.05, 0) is 53.8 Å². The van der Waals surface area contributed by atoms with Crippen LogP contribution in [0.25, 0.3) is 0 Å². The van der Waals surface area contributed by atoms with Gasteiger partial charge < -0.3 is 0 Å². The van der Waals surface area contributed by atoms with Crippen molar-refractivity contribution in [2.45, 2.75) is 38.1 Å². The normalized spacial score (nSPS) is 11.6. The predicted octanol–water partition coefficient (Wildman–Crippen LogP) is 3.94. The maximum absolute atomic E-state index is 12.3. The molecule has 118 valence electrons. The van der Waals surface area contributed by atoms with Crippen molar-refractivity contribution in [1.29, 1.82) is 0 Å². The molecule has 22 heavy (non-hydrogen) atoms. The number of aryl methyl sites for hydroxylation is 2. The lowest BCUT2D eigenvalue weighted by Crippen LogP contribution is -2.23. The van der Waals surface area contributed by atoms with Crippen molar-refractivity contribution < 1.29 is 8.42 Å². The Labute approximate surface area is 137 Å². The van der Waals surface area contributed by atoms with Crippen LogP contribution in [0.2, 0.25) is 5.02 Å². The van der Waals surface area contributed by atoms with Gasteiger partial charge in [-0.2, -0.15) is 0 Å². The largest absolute Gasteiger partial charge is 0.240 e. The monoisotopic (exact) mass is 337 g/mol. The van der Waals surface area contributed by atoms with E-state index in [2.05, 4.69) is 36.8 Å². The number of benzene rings is 2. The molecule has 3 nitrogen and oxygen atoms in total. The molecule has 0 fully saturated rings. The van der Waals surface area contributed by atoms with E-state index in [1.54, 1.807) is 12.1 Å². The summed E-state index contributed by atoms with van der Waals surface area (Å²) in [7, 11) is -3.53. The molecule has 0 aliphatic rings. The molecular formula is C17H20ClNO2S. The molecule has 0 radical (unpaired) electrons. The number of halogens is 1. The van der Waals surface area contributed by atoms with Crippen molar-refractivity contribution in [3.05, 3.63) is 64.2 Å². The Morgan fingerprint density at radius 2 is 1.64 bits per heavy atom. The highest BCUT2D eigenvalue weighted by Gasteiger charge is 2.14. The fourth-order valence-electron chi connectivity index (χ4n) is 2.28. The third kappa shape index (κ3) is 4.09. The molecule has 2 aromatic carbocycles. The summed E-state index contributed by atoms with van der Waals surface area (Å²) in [6, 6.07) is 12.4. The first-order valence-corrected chi connectivity index (χ1v) is 9.18. The van der Waals surface area contributed by atoms with E-state index >= 15 is 0 Å². The fraction of sp³-hybridized carbons (Fsp3) is 0.294. The average molecular weight is 338 g/mol. The van der Waals surface area contributed by atoms with Crippen LogP contribution in [-0.4, -0.2) is 8.42 Å². The first-order chi connectivity index (χ1) is 10.5. The minimum absolute atomic E-state index is 0.224. The van der Waals surface area contributed by atoms with Gasteiger partial charge in [0.15, 0.2) is 0 Å². The van der Waals surface area contributed by atoms with Crippen LogP contribution in [0.1, 0.15) is 30.5 Å². The highest BCUT2D eigenvalue weighted by atomic mass is 35.5. The topological polar surface area (TPSA) is 46.2 Å². The fourth-order valence-corrected chi connectivity index (χ4v) is 3.41. The highest BCUT2D eigenvalue weighted by molar-refractivity contribution is 7.89. The molecule has 0 spiro atoms. The summed E-state index contributed by atoms with van der Waals surface area (Å²) >= 11 is 5.79. The summed E-state index contributed by atoms with van der Waals surface area (Å²) in [4.78, 5) is 0.224. The zero-order valence-corrected chi connectivity index (χ0v) is 14.3. The van der Waals surface area contributed by atoms with Gasteiger partial charge >= 0.3 is 0 Å². The quantitative estimate of drug-likeness (QED) is 0.867. The van der Waals surface area contributed by atoms with Crippen LogP contribution in [0, 0.1) is 0 Å². The number of rotatable bonds is 6. The van der Waals surface area contributed by atoms with Gasteiger partial charge in [-0.3, -0.25) is 0 Å². The second kappa shape index (κ2) is 7.27. The van der Waals surface area contributed by atoms with E-state index in [0.717, 1.165) is 24.0 Å². The van der Waals surface area contributed by atoms with E-state index in [1.165, 1.54) is 17.7 Å². The standard InChI is InChI=1S/C17H20ClNO2S/c1-3-13-5-6-14(4-2)15(11-13)12-19-22(20,21)17-9-7-16(18)8-10-17/h5-11,19H,3-4,12H2,1-2H3. The Morgan fingerprint density at radius 3 is 2.23 bits per heavy atom. The summed E-state index contributed by atoms with van der Waals surface area (Å²) in [6.07, 6.45) is 1.81. The van der Waals surface area contributed by atoms with Crippen molar-refractivity contribution in [1.82, 2.24) is 4.72 Å². The minimum atomic E-state index is -3.53. The Hall–Kier alpha value is -1.36. The molecule has 0 unspecified atom stereocenters. The zero-order valence-electron chi connectivity index (χ0n) is 12.8. The minimum Gasteiger partial charge on any atom is -0.207 e. The molecule has 0 heterocycles. The van der Waals surface area contributed by atoms with E-state index in [1.807, 2.05) is 0 Å². The molecule has 5 heteroatoms. The molecule has 1 N–H and O–H groups in total. The molecule has 0 saturated heterocycles. The third-order valence-electron chi connectivity index (χ3n) is 3.64. The molecule has 0 bridgehead atoms. The Morgan fingerprint density at radius 1 is 0.955 bits per heavy atom. The van der Waals surface area contributed by atoms with Gasteiger partial charge in [0.05, 0.1) is 4.90 Å². The highest BCUT2D eigenvalue weighted by Crippen LogP contribution is 2.17. The molecule has 0 saturated carbocycles. The Kier molecular flexibility index (Phi) is 5.62. The molecule has 2 aromatic rings. The van der Waals surface area contributed by atoms with Gasteiger partial charge in [-0.1, -0.05) is 43.6 Å². The van der Waals surface area contributed by atoms with Gasteiger partial charge in [0.1, 0.15) is 0 Å². The molecule has 2 rings (SSSR count). The van der Waals surface area contributed by atoms with Crippen LogP contribution in [0.4, 0.5) is 0 Å². The van der Waals surface area contributed by atoms with Gasteiger partial charge in [-0.15, -0.1) is 0 Å². The van der Waals surface area contributed by atoms with Gasteiger partial charge in [-0.25, -0.2) is 13.1 Å². The van der Waals surface area contributed by atoms with Crippen LogP contribution < -0.4 is 4.72 Å². The van der Waals surface area contributed by atoms with E-state index < -0.39 is 10.0 Å². The SMILES string of the molecule is CCc1ccc(CC)c(CNS(=O)(=O)c2ccc(Cl)cc2)c1. The summed E-state index contributed by atoms with van der Waals surface area (Å²) < 4.78 is 27.3. The van der Waals surface area contributed by atoms with Crippen molar-refractivity contribution in [2.24, 2.45) is 0 Å². The third-order valence-corrected chi connectivity index (χ3v) is 5.31. The maximum atomic E-state index is 12.3. The second-order valence-electron chi connectivity index (χ2n) is 5.09. The molecule has 0 aromatic heterocycles. The van der Waals surface area contributed by atoms with Crippen LogP contribution in [-0.2, 0) is 29.4 Å². The van der Waals surface area contributed by atoms with Crippen LogP contribution in [0.15, 0.2) is 47.4 Å². The lowest BCUT2D eigenvalue weighted by molar-refractivity contribution is 0.581. The van der Waals surface area contributed by atoms with Gasteiger partial charge in [0, 0.05) is 11.6 Å². The van der Waals surface area contributed by atoms with E-state index in [0.29, 0.717) is 11.6 Å². The lowest BCUT2D eigenvalue weighted by atomic mass is 10.0. The molecule has 0 aliphatic heterocycles. The predicted molar refractivity (Wildman–Crippen MR) is 90.7 cm³/mol. The zero-order chi connectivity index (χ0) is 16.2. The lowest BCUT2D eigenvalue weighted by Gasteiger charge is -2.12. The Balaban J connectivity index is 2.20. The first-order valence-electron chi connectivity index (χ1n) is 7.32. The van der Waals surface area contributed by atoms with Gasteiger partial charge in [0.2, 0.25) is 10.0 Å². The summed E-state index contributed by atoms with van der Waals surface area (Å²) in [5.41, 5.74) is 3.40. The molecule has 0 atom stereocenters. The second-order valence-corrected chi connectivity index (χ2v) is 7.29. The van der Waals surface area contributed by atoms with Crippen LogP contribution >= 0.6 is 11.6 Å². The van der Waals surface area contributed by atoms with Crippen molar-refractivity contribution in [3.8, 4) is 0 Å². The van der Waals surface area contributed by atoms with E-state index in [9.17, 15) is 8.42 Å². The van der Waals surface area contributed by atoms with Crippen molar-refractivity contribution >= 4 is 21.6 Å². The van der Waals surface area contributed by atoms with Crippen LogP contribution in [0.5, 0.6) is 0 Å². The average Bonchev–Trinajstić information content (AvgIpc) is 2.53. The van der Waals surface area contributed by atoms with E-state index in [4.69, 9.17) is 11.6 Å². The molecular weight excluding hydrogens is 318 g/mol. The molecule has 0 aliphatic carbocycles. The number of sulfonamides is 1. The van der Waals surface area contributed by atoms with E-state index in [-0.39, 0.29) is 4.90 Å². The van der Waals surface area contributed by atoms with Crippen LogP contribution in [0.3, 0.4) is 0 Å². The summed E-state index contributed by atoms with van der Waals surface area (Å²) in [6.45, 7) is 4.45. The number of hydrogen-bond acceptors (Lipinski definition) is 2. The number of nitrogens with one attached hydrogen (secondary N) is 1. The summed E-state index contributed by atoms with van der Waals surface area (Å²) in [5.74, 6) is 0. The Bertz CT molecular complexity index is 740. The molecule has 0 amide bonds.